The normalized spacial score (nSPS) is 21.4. The fourth-order valence-corrected chi connectivity index (χ4v) is 2.81. The summed E-state index contributed by atoms with van der Waals surface area (Å²) >= 11 is 3.14. The van der Waals surface area contributed by atoms with E-state index in [0.29, 0.717) is 16.4 Å². The molecule has 1 N–H and O–H groups in total. The Morgan fingerprint density at radius 2 is 1.70 bits per heavy atom. The molecule has 20 heavy (non-hydrogen) atoms. The van der Waals surface area contributed by atoms with E-state index >= 15 is 0 Å². The van der Waals surface area contributed by atoms with Crippen LogP contribution in [0.25, 0.3) is 0 Å². The minimum Gasteiger partial charge on any atom is -0.382 e. The topological polar surface area (TPSA) is 12.0 Å². The van der Waals surface area contributed by atoms with E-state index in [9.17, 15) is 8.78 Å². The van der Waals surface area contributed by atoms with Gasteiger partial charge >= 0.3 is 0 Å². The molecule has 3 rings (SSSR count). The zero-order chi connectivity index (χ0) is 14.1. The number of halogens is 3. The summed E-state index contributed by atoms with van der Waals surface area (Å²) < 4.78 is 26.7. The Labute approximate surface area is 125 Å². The molecule has 0 spiro atoms. The van der Waals surface area contributed by atoms with Gasteiger partial charge < -0.3 is 5.32 Å². The molecule has 2 aromatic rings. The van der Waals surface area contributed by atoms with Crippen LogP contribution in [-0.2, 0) is 0 Å². The molecule has 4 heteroatoms. The predicted octanol–water partition coefficient (Wildman–Crippen LogP) is 5.09. The Balaban J connectivity index is 1.58. The predicted molar refractivity (Wildman–Crippen MR) is 79.9 cm³/mol. The number of rotatable bonds is 3. The molecule has 1 aliphatic carbocycles. The van der Waals surface area contributed by atoms with Crippen molar-refractivity contribution < 1.29 is 8.78 Å². The van der Waals surface area contributed by atoms with Gasteiger partial charge in [-0.2, -0.15) is 0 Å². The summed E-state index contributed by atoms with van der Waals surface area (Å²) in [5.74, 6) is 0.00545. The molecule has 0 atom stereocenters. The number of hydrogen-bond donors (Lipinski definition) is 1. The molecule has 0 unspecified atom stereocenters. The minimum absolute atomic E-state index is 0.201. The van der Waals surface area contributed by atoms with Gasteiger partial charge in [-0.25, -0.2) is 8.78 Å². The van der Waals surface area contributed by atoms with Crippen LogP contribution in [0.2, 0.25) is 0 Å². The maximum absolute atomic E-state index is 13.4. The lowest BCUT2D eigenvalue weighted by Gasteiger charge is -2.37. The molecule has 0 radical (unpaired) electrons. The van der Waals surface area contributed by atoms with E-state index in [4.69, 9.17) is 0 Å². The van der Waals surface area contributed by atoms with Crippen molar-refractivity contribution in [1.82, 2.24) is 0 Å². The van der Waals surface area contributed by atoms with Gasteiger partial charge in [0, 0.05) is 11.7 Å². The van der Waals surface area contributed by atoms with Gasteiger partial charge in [0.25, 0.3) is 0 Å². The number of benzene rings is 2. The molecular weight excluding hydrogens is 324 g/mol. The third-order valence-electron chi connectivity index (χ3n) is 3.77. The fraction of sp³-hybridized carbons (Fsp3) is 0.250. The maximum atomic E-state index is 13.4. The largest absolute Gasteiger partial charge is 0.382 e. The van der Waals surface area contributed by atoms with Gasteiger partial charge in [-0.05, 0) is 70.6 Å². The highest BCUT2D eigenvalue weighted by Gasteiger charge is 2.30. The Bertz CT molecular complexity index is 606. The van der Waals surface area contributed by atoms with Crippen molar-refractivity contribution in [2.75, 3.05) is 5.32 Å². The Hall–Kier alpha value is -1.42. The highest BCUT2D eigenvalue weighted by atomic mass is 79.9. The van der Waals surface area contributed by atoms with Gasteiger partial charge in [-0.15, -0.1) is 0 Å². The molecule has 0 aromatic heterocycles. The van der Waals surface area contributed by atoms with Crippen molar-refractivity contribution >= 4 is 21.6 Å². The maximum Gasteiger partial charge on any atom is 0.139 e. The van der Waals surface area contributed by atoms with E-state index < -0.39 is 0 Å². The van der Waals surface area contributed by atoms with Crippen LogP contribution in [-0.4, -0.2) is 6.04 Å². The van der Waals surface area contributed by atoms with Crippen molar-refractivity contribution in [3.63, 3.8) is 0 Å². The molecular formula is C16H14BrF2N. The number of nitrogens with one attached hydrogen (secondary N) is 1. The summed E-state index contributed by atoms with van der Waals surface area (Å²) in [7, 11) is 0. The molecule has 104 valence electrons. The molecule has 0 saturated heterocycles. The first-order chi connectivity index (χ1) is 9.61. The lowest BCUT2D eigenvalue weighted by atomic mass is 9.76. The van der Waals surface area contributed by atoms with E-state index in [-0.39, 0.29) is 11.6 Å². The molecule has 1 aliphatic rings. The average Bonchev–Trinajstić information content (AvgIpc) is 2.39. The van der Waals surface area contributed by atoms with Crippen LogP contribution < -0.4 is 5.32 Å². The van der Waals surface area contributed by atoms with Crippen molar-refractivity contribution in [2.45, 2.75) is 24.8 Å². The Kier molecular flexibility index (Phi) is 3.74. The summed E-state index contributed by atoms with van der Waals surface area (Å²) in [6, 6.07) is 12.1. The van der Waals surface area contributed by atoms with Crippen molar-refractivity contribution in [3.8, 4) is 0 Å². The second-order valence-corrected chi connectivity index (χ2v) is 6.04. The molecule has 1 saturated carbocycles. The fourth-order valence-electron chi connectivity index (χ4n) is 2.56. The summed E-state index contributed by atoms with van der Waals surface area (Å²) in [5.41, 5.74) is 1.97. The van der Waals surface area contributed by atoms with Gasteiger partial charge in [0.1, 0.15) is 11.6 Å². The Morgan fingerprint density at radius 1 is 1.00 bits per heavy atom. The van der Waals surface area contributed by atoms with Crippen LogP contribution in [0, 0.1) is 11.6 Å². The van der Waals surface area contributed by atoms with Gasteiger partial charge in [0.2, 0.25) is 0 Å². The van der Waals surface area contributed by atoms with Crippen LogP contribution in [0.15, 0.2) is 46.9 Å². The number of hydrogen-bond acceptors (Lipinski definition) is 1. The van der Waals surface area contributed by atoms with Gasteiger partial charge in [-0.1, -0.05) is 12.1 Å². The van der Waals surface area contributed by atoms with Crippen molar-refractivity contribution in [2.24, 2.45) is 0 Å². The van der Waals surface area contributed by atoms with E-state index in [1.165, 1.54) is 23.8 Å². The van der Waals surface area contributed by atoms with Crippen LogP contribution in [0.5, 0.6) is 0 Å². The van der Waals surface area contributed by atoms with E-state index in [2.05, 4.69) is 21.2 Å². The van der Waals surface area contributed by atoms with Crippen LogP contribution in [0.3, 0.4) is 0 Å². The van der Waals surface area contributed by atoms with E-state index in [0.717, 1.165) is 18.5 Å². The van der Waals surface area contributed by atoms with E-state index in [1.54, 1.807) is 6.07 Å². The standard InChI is InChI=1S/C16H14BrF2N/c17-15-6-5-13(9-16(15)19)20-14-7-11(8-14)10-1-3-12(18)4-2-10/h1-6,9,11,14,20H,7-8H2. The number of anilines is 1. The van der Waals surface area contributed by atoms with Crippen LogP contribution >= 0.6 is 15.9 Å². The first kappa shape index (κ1) is 13.6. The van der Waals surface area contributed by atoms with Gasteiger partial charge in [-0.3, -0.25) is 0 Å². The SMILES string of the molecule is Fc1ccc(C2CC(Nc3ccc(Br)c(F)c3)C2)cc1. The van der Waals surface area contributed by atoms with Crippen molar-refractivity contribution in [3.05, 3.63) is 64.1 Å². The quantitative estimate of drug-likeness (QED) is 0.822. The average molecular weight is 338 g/mol. The van der Waals surface area contributed by atoms with Crippen LogP contribution in [0.4, 0.5) is 14.5 Å². The molecule has 0 heterocycles. The lowest BCUT2D eigenvalue weighted by molar-refractivity contribution is 0.374. The summed E-state index contributed by atoms with van der Waals surface area (Å²) in [6.45, 7) is 0. The summed E-state index contributed by atoms with van der Waals surface area (Å²) in [6.07, 6.45) is 1.98. The lowest BCUT2D eigenvalue weighted by Crippen LogP contribution is -2.34. The molecule has 0 amide bonds. The van der Waals surface area contributed by atoms with Gasteiger partial charge in [0.05, 0.1) is 4.47 Å². The highest BCUT2D eigenvalue weighted by molar-refractivity contribution is 9.10. The molecule has 0 aliphatic heterocycles. The zero-order valence-corrected chi connectivity index (χ0v) is 12.3. The second kappa shape index (κ2) is 5.52. The van der Waals surface area contributed by atoms with Crippen LogP contribution in [0.1, 0.15) is 24.3 Å². The molecule has 0 bridgehead atoms. The third kappa shape index (κ3) is 2.85. The first-order valence-electron chi connectivity index (χ1n) is 6.59. The highest BCUT2D eigenvalue weighted by Crippen LogP contribution is 2.38. The minimum atomic E-state index is -0.260. The Morgan fingerprint density at radius 3 is 2.35 bits per heavy atom. The van der Waals surface area contributed by atoms with Gasteiger partial charge in [0.15, 0.2) is 0 Å². The third-order valence-corrected chi connectivity index (χ3v) is 4.41. The molecule has 1 fully saturated rings. The van der Waals surface area contributed by atoms with Crippen molar-refractivity contribution in [1.29, 1.82) is 0 Å². The molecule has 1 nitrogen and oxygen atoms in total. The second-order valence-electron chi connectivity index (χ2n) is 5.19. The zero-order valence-electron chi connectivity index (χ0n) is 10.7. The smallest absolute Gasteiger partial charge is 0.139 e. The summed E-state index contributed by atoms with van der Waals surface area (Å²) in [4.78, 5) is 0. The monoisotopic (exact) mass is 337 g/mol. The summed E-state index contributed by atoms with van der Waals surface area (Å²) in [5, 5.41) is 3.32. The molecule has 2 aromatic carbocycles. The first-order valence-corrected chi connectivity index (χ1v) is 7.38. The van der Waals surface area contributed by atoms with E-state index in [1.807, 2.05) is 18.2 Å².